The first-order chi connectivity index (χ1) is 12.5. The molecule has 2 nitrogen and oxygen atoms in total. The Bertz CT molecular complexity index is 639. The van der Waals surface area contributed by atoms with Crippen molar-refractivity contribution in [3.05, 3.63) is 60.7 Å². The molecular formula is C23H32O2Si. The van der Waals surface area contributed by atoms with Gasteiger partial charge in [0.15, 0.2) is 0 Å². The lowest BCUT2D eigenvalue weighted by atomic mass is 10.1. The van der Waals surface area contributed by atoms with Crippen LogP contribution in [0.1, 0.15) is 40.0 Å². The number of hydrogen-bond donors (Lipinski definition) is 1. The second-order valence-electron chi connectivity index (χ2n) is 8.70. The van der Waals surface area contributed by atoms with Gasteiger partial charge in [0.2, 0.25) is 0 Å². The fraction of sp³-hybridized carbons (Fsp3) is 0.478. The van der Waals surface area contributed by atoms with E-state index in [9.17, 15) is 5.11 Å². The van der Waals surface area contributed by atoms with E-state index < -0.39 is 8.32 Å². The van der Waals surface area contributed by atoms with Crippen LogP contribution >= 0.6 is 0 Å². The molecule has 1 N–H and O–H groups in total. The van der Waals surface area contributed by atoms with Crippen molar-refractivity contribution in [1.82, 2.24) is 0 Å². The normalized spacial score (nSPS) is 21.1. The summed E-state index contributed by atoms with van der Waals surface area (Å²) in [5, 5.41) is 12.2. The van der Waals surface area contributed by atoms with Gasteiger partial charge in [0.25, 0.3) is 8.32 Å². The van der Waals surface area contributed by atoms with Gasteiger partial charge in [-0.15, -0.1) is 0 Å². The molecule has 26 heavy (non-hydrogen) atoms. The summed E-state index contributed by atoms with van der Waals surface area (Å²) in [5.41, 5.74) is 0. The monoisotopic (exact) mass is 368 g/mol. The quantitative estimate of drug-likeness (QED) is 0.782. The summed E-state index contributed by atoms with van der Waals surface area (Å²) < 4.78 is 7.00. The highest BCUT2D eigenvalue weighted by atomic mass is 28.4. The number of aliphatic hydroxyl groups excluding tert-OH is 1. The first-order valence-corrected chi connectivity index (χ1v) is 11.7. The summed E-state index contributed by atoms with van der Waals surface area (Å²) in [6, 6.07) is 21.7. The Morgan fingerprint density at radius 1 is 0.885 bits per heavy atom. The maximum absolute atomic E-state index is 9.47. The van der Waals surface area contributed by atoms with Gasteiger partial charge in [-0.2, -0.15) is 0 Å². The largest absolute Gasteiger partial charge is 0.407 e. The lowest BCUT2D eigenvalue weighted by Gasteiger charge is -2.43. The highest BCUT2D eigenvalue weighted by molar-refractivity contribution is 6.99. The lowest BCUT2D eigenvalue weighted by molar-refractivity contribution is 0.207. The molecule has 1 fully saturated rings. The van der Waals surface area contributed by atoms with Crippen LogP contribution in [0.15, 0.2) is 60.7 Å². The zero-order valence-corrected chi connectivity index (χ0v) is 17.3. The maximum Gasteiger partial charge on any atom is 0.261 e. The zero-order valence-electron chi connectivity index (χ0n) is 16.3. The van der Waals surface area contributed by atoms with Crippen molar-refractivity contribution in [2.45, 2.75) is 45.1 Å². The molecule has 0 bridgehead atoms. The van der Waals surface area contributed by atoms with Crippen molar-refractivity contribution < 1.29 is 9.53 Å². The first-order valence-electron chi connectivity index (χ1n) is 9.83. The van der Waals surface area contributed by atoms with E-state index >= 15 is 0 Å². The van der Waals surface area contributed by atoms with Crippen molar-refractivity contribution in [2.75, 3.05) is 13.2 Å². The fourth-order valence-corrected chi connectivity index (χ4v) is 9.14. The third-order valence-electron chi connectivity index (χ3n) is 5.86. The number of rotatable bonds is 6. The van der Waals surface area contributed by atoms with Gasteiger partial charge < -0.3 is 9.53 Å². The van der Waals surface area contributed by atoms with Crippen molar-refractivity contribution in [3.63, 3.8) is 0 Å². The van der Waals surface area contributed by atoms with Gasteiger partial charge in [0, 0.05) is 13.2 Å². The molecule has 0 spiro atoms. The van der Waals surface area contributed by atoms with Crippen molar-refractivity contribution in [2.24, 2.45) is 11.8 Å². The average molecular weight is 369 g/mol. The van der Waals surface area contributed by atoms with E-state index in [1.54, 1.807) is 0 Å². The van der Waals surface area contributed by atoms with Crippen LogP contribution in [0.25, 0.3) is 0 Å². The average Bonchev–Trinajstić information content (AvgIpc) is 3.11. The molecule has 0 aliphatic heterocycles. The van der Waals surface area contributed by atoms with Crippen LogP contribution in [0.3, 0.4) is 0 Å². The number of aliphatic hydroxyl groups is 1. The van der Waals surface area contributed by atoms with Crippen LogP contribution in [0.2, 0.25) is 5.04 Å². The van der Waals surface area contributed by atoms with Crippen LogP contribution in [0.5, 0.6) is 0 Å². The second-order valence-corrected chi connectivity index (χ2v) is 13.0. The highest BCUT2D eigenvalue weighted by Gasteiger charge is 2.50. The van der Waals surface area contributed by atoms with Crippen LogP contribution in [0, 0.1) is 11.8 Å². The van der Waals surface area contributed by atoms with E-state index in [1.165, 1.54) is 16.8 Å². The lowest BCUT2D eigenvalue weighted by Crippen LogP contribution is -2.66. The third-order valence-corrected chi connectivity index (χ3v) is 10.9. The molecule has 0 aromatic heterocycles. The minimum Gasteiger partial charge on any atom is -0.407 e. The van der Waals surface area contributed by atoms with Gasteiger partial charge in [0.05, 0.1) is 0 Å². The standard InChI is InChI=1S/C23H32O2Si/c1-23(2,3)26(21-10-6-4-7-11-21,22-12-8-5-9-13-22)25-18-20-15-14-19(16-20)17-24/h4-13,19-20,24H,14-18H2,1-3H3/t19-,20+/m0/s1. The van der Waals surface area contributed by atoms with Crippen LogP contribution in [0.4, 0.5) is 0 Å². The van der Waals surface area contributed by atoms with E-state index in [1.807, 2.05) is 0 Å². The van der Waals surface area contributed by atoms with E-state index in [0.717, 1.165) is 19.4 Å². The number of hydrogen-bond acceptors (Lipinski definition) is 2. The fourth-order valence-electron chi connectivity index (χ4n) is 4.50. The van der Waals surface area contributed by atoms with Gasteiger partial charge in [-0.25, -0.2) is 0 Å². The Kier molecular flexibility index (Phi) is 6.01. The minimum absolute atomic E-state index is 0.0324. The van der Waals surface area contributed by atoms with Gasteiger partial charge >= 0.3 is 0 Å². The Morgan fingerprint density at radius 3 is 1.81 bits per heavy atom. The summed E-state index contributed by atoms with van der Waals surface area (Å²) in [6.45, 7) is 8.08. The molecule has 0 radical (unpaired) electrons. The molecule has 2 atom stereocenters. The summed E-state index contributed by atoms with van der Waals surface area (Å²) in [7, 11) is -2.41. The highest BCUT2D eigenvalue weighted by Crippen LogP contribution is 2.38. The molecule has 1 aliphatic rings. The zero-order chi connectivity index (χ0) is 18.6. The molecule has 1 saturated carbocycles. The molecule has 3 heteroatoms. The van der Waals surface area contributed by atoms with Crippen molar-refractivity contribution in [1.29, 1.82) is 0 Å². The van der Waals surface area contributed by atoms with Gasteiger partial charge in [-0.1, -0.05) is 81.4 Å². The van der Waals surface area contributed by atoms with Gasteiger partial charge in [0.1, 0.15) is 0 Å². The van der Waals surface area contributed by atoms with E-state index in [4.69, 9.17) is 4.43 Å². The Balaban J connectivity index is 1.98. The SMILES string of the molecule is CC(C)(C)[Si](OC[C@@H]1CC[C@H](CO)C1)(c1ccccc1)c1ccccc1. The molecular weight excluding hydrogens is 336 g/mol. The first kappa shape index (κ1) is 19.3. The molecule has 0 amide bonds. The Labute approximate surface area is 159 Å². The topological polar surface area (TPSA) is 29.5 Å². The number of benzene rings is 2. The maximum atomic E-state index is 9.47. The van der Waals surface area contributed by atoms with Crippen LogP contribution in [-0.2, 0) is 4.43 Å². The van der Waals surface area contributed by atoms with Crippen molar-refractivity contribution in [3.8, 4) is 0 Å². The summed E-state index contributed by atoms with van der Waals surface area (Å²) in [6.07, 6.45) is 3.39. The second kappa shape index (κ2) is 8.08. The van der Waals surface area contributed by atoms with Crippen LogP contribution < -0.4 is 10.4 Å². The molecule has 0 unspecified atom stereocenters. The molecule has 3 rings (SSSR count). The van der Waals surface area contributed by atoms with E-state index in [2.05, 4.69) is 81.4 Å². The van der Waals surface area contributed by atoms with E-state index in [-0.39, 0.29) is 5.04 Å². The molecule has 2 aromatic carbocycles. The Hall–Kier alpha value is -1.42. The summed E-state index contributed by atoms with van der Waals surface area (Å²) >= 11 is 0. The summed E-state index contributed by atoms with van der Waals surface area (Å²) in [5.74, 6) is 1.02. The minimum atomic E-state index is -2.41. The van der Waals surface area contributed by atoms with Gasteiger partial charge in [-0.3, -0.25) is 0 Å². The smallest absolute Gasteiger partial charge is 0.261 e. The van der Waals surface area contributed by atoms with Gasteiger partial charge in [-0.05, 0) is 46.5 Å². The molecule has 2 aromatic rings. The van der Waals surface area contributed by atoms with Crippen molar-refractivity contribution >= 4 is 18.7 Å². The molecule has 140 valence electrons. The summed E-state index contributed by atoms with van der Waals surface area (Å²) in [4.78, 5) is 0. The Morgan fingerprint density at radius 2 is 1.38 bits per heavy atom. The predicted molar refractivity (Wildman–Crippen MR) is 111 cm³/mol. The molecule has 1 aliphatic carbocycles. The molecule has 0 saturated heterocycles. The van der Waals surface area contributed by atoms with Crippen LogP contribution in [-0.4, -0.2) is 26.6 Å². The molecule has 0 heterocycles. The third kappa shape index (κ3) is 3.80. The van der Waals surface area contributed by atoms with E-state index in [0.29, 0.717) is 18.4 Å². The predicted octanol–water partition coefficient (Wildman–Crippen LogP) is 3.97.